The van der Waals surface area contributed by atoms with Gasteiger partial charge in [0, 0.05) is 6.21 Å². The summed E-state index contributed by atoms with van der Waals surface area (Å²) in [5.74, 6) is -1.83. The van der Waals surface area contributed by atoms with Crippen LogP contribution in [0.1, 0.15) is 11.1 Å². The number of thiocarbonyl (C=S) groups is 1. The van der Waals surface area contributed by atoms with E-state index < -0.39 is 17.7 Å². The van der Waals surface area contributed by atoms with E-state index >= 15 is 0 Å². The van der Waals surface area contributed by atoms with Gasteiger partial charge in [-0.05, 0) is 36.8 Å². The third kappa shape index (κ3) is 3.80. The first kappa shape index (κ1) is 17.0. The molecule has 6 heteroatoms. The van der Waals surface area contributed by atoms with E-state index in [4.69, 9.17) is 12.2 Å². The number of amides is 2. The van der Waals surface area contributed by atoms with Crippen LogP contribution < -0.4 is 10.2 Å². The molecule has 0 aromatic heterocycles. The van der Waals surface area contributed by atoms with Crippen LogP contribution in [0.3, 0.4) is 0 Å². The standard InChI is InChI=1S/C19H17N3O2S/c1-13-7-9-15(10-8-13)22-18(24)16(17(23)21-19(22)25)12-20-11-14-5-3-2-4-6-14/h2-10,12,16H,11H2,1H3,(H,21,23,25)/t16-/m0/s1. The van der Waals surface area contributed by atoms with Crippen molar-refractivity contribution in [2.75, 3.05) is 4.90 Å². The van der Waals surface area contributed by atoms with Crippen LogP contribution in [0.25, 0.3) is 0 Å². The third-order valence-corrected chi connectivity index (χ3v) is 4.15. The van der Waals surface area contributed by atoms with Crippen LogP contribution in [0.15, 0.2) is 59.6 Å². The SMILES string of the molecule is Cc1ccc(N2C(=O)[C@@H](C=NCc3ccccc3)C(=O)NC2=S)cc1. The number of carbonyl (C=O) groups is 2. The molecule has 1 heterocycles. The second-order valence-electron chi connectivity index (χ2n) is 5.76. The fourth-order valence-corrected chi connectivity index (χ4v) is 2.80. The van der Waals surface area contributed by atoms with Crippen LogP contribution in [0.2, 0.25) is 0 Å². The van der Waals surface area contributed by atoms with Crippen LogP contribution >= 0.6 is 12.2 Å². The van der Waals surface area contributed by atoms with E-state index in [2.05, 4.69) is 10.3 Å². The Labute approximate surface area is 151 Å². The number of rotatable bonds is 4. The first-order valence-electron chi connectivity index (χ1n) is 7.85. The van der Waals surface area contributed by atoms with Crippen molar-refractivity contribution in [3.63, 3.8) is 0 Å². The summed E-state index contributed by atoms with van der Waals surface area (Å²) in [5, 5.41) is 2.67. The topological polar surface area (TPSA) is 61.8 Å². The van der Waals surface area contributed by atoms with Crippen molar-refractivity contribution < 1.29 is 9.59 Å². The molecule has 1 fully saturated rings. The molecular weight excluding hydrogens is 334 g/mol. The number of hydrogen-bond donors (Lipinski definition) is 1. The summed E-state index contributed by atoms with van der Waals surface area (Å²) in [7, 11) is 0. The minimum absolute atomic E-state index is 0.0894. The molecule has 0 saturated carbocycles. The van der Waals surface area contributed by atoms with Crippen molar-refractivity contribution in [3.8, 4) is 0 Å². The molecule has 2 aromatic rings. The molecule has 25 heavy (non-hydrogen) atoms. The maximum atomic E-state index is 12.8. The molecule has 0 spiro atoms. The second kappa shape index (κ2) is 7.36. The molecule has 1 saturated heterocycles. The van der Waals surface area contributed by atoms with E-state index in [0.29, 0.717) is 12.2 Å². The van der Waals surface area contributed by atoms with E-state index in [9.17, 15) is 9.59 Å². The van der Waals surface area contributed by atoms with Crippen LogP contribution in [0, 0.1) is 12.8 Å². The average molecular weight is 351 g/mol. The summed E-state index contributed by atoms with van der Waals surface area (Å²) in [5.41, 5.74) is 2.71. The van der Waals surface area contributed by atoms with E-state index in [1.54, 1.807) is 12.1 Å². The molecule has 2 amide bonds. The monoisotopic (exact) mass is 351 g/mol. The van der Waals surface area contributed by atoms with Gasteiger partial charge in [0.15, 0.2) is 11.0 Å². The summed E-state index contributed by atoms with van der Waals surface area (Å²) >= 11 is 5.17. The van der Waals surface area contributed by atoms with Gasteiger partial charge in [0.05, 0.1) is 12.2 Å². The highest BCUT2D eigenvalue weighted by atomic mass is 32.1. The lowest BCUT2D eigenvalue weighted by molar-refractivity contribution is -0.130. The Balaban J connectivity index is 1.79. The van der Waals surface area contributed by atoms with Crippen molar-refractivity contribution >= 4 is 41.0 Å². The molecule has 126 valence electrons. The van der Waals surface area contributed by atoms with Gasteiger partial charge in [0.25, 0.3) is 5.91 Å². The summed E-state index contributed by atoms with van der Waals surface area (Å²) in [4.78, 5) is 30.5. The maximum absolute atomic E-state index is 12.8. The number of benzene rings is 2. The van der Waals surface area contributed by atoms with Crippen molar-refractivity contribution in [2.24, 2.45) is 10.9 Å². The number of nitrogens with zero attached hydrogens (tertiary/aromatic N) is 2. The van der Waals surface area contributed by atoms with Crippen LogP contribution in [-0.2, 0) is 16.1 Å². The summed E-state index contributed by atoms with van der Waals surface area (Å²) in [6.45, 7) is 2.37. The lowest BCUT2D eigenvalue weighted by Gasteiger charge is -2.31. The number of hydrogen-bond acceptors (Lipinski definition) is 4. The quantitative estimate of drug-likeness (QED) is 0.523. The highest BCUT2D eigenvalue weighted by Crippen LogP contribution is 2.20. The summed E-state index contributed by atoms with van der Waals surface area (Å²) < 4.78 is 0. The largest absolute Gasteiger partial charge is 0.301 e. The molecule has 0 unspecified atom stereocenters. The van der Waals surface area contributed by atoms with Gasteiger partial charge in [0.1, 0.15) is 0 Å². The van der Waals surface area contributed by atoms with Crippen molar-refractivity contribution in [3.05, 3.63) is 65.7 Å². The first-order chi connectivity index (χ1) is 12.1. The Kier molecular flexibility index (Phi) is 5.00. The van der Waals surface area contributed by atoms with E-state index in [1.807, 2.05) is 49.4 Å². The Morgan fingerprint density at radius 2 is 1.80 bits per heavy atom. The minimum atomic E-state index is -0.989. The Hall–Kier alpha value is -2.86. The molecule has 0 bridgehead atoms. The van der Waals surface area contributed by atoms with Crippen molar-refractivity contribution in [2.45, 2.75) is 13.5 Å². The fraction of sp³-hybridized carbons (Fsp3) is 0.158. The normalized spacial score (nSPS) is 17.9. The van der Waals surface area contributed by atoms with Gasteiger partial charge in [-0.25, -0.2) is 0 Å². The van der Waals surface area contributed by atoms with Crippen LogP contribution in [0.5, 0.6) is 0 Å². The summed E-state index contributed by atoms with van der Waals surface area (Å²) in [6, 6.07) is 17.0. The predicted molar refractivity (Wildman–Crippen MR) is 102 cm³/mol. The van der Waals surface area contributed by atoms with Gasteiger partial charge < -0.3 is 5.32 Å². The van der Waals surface area contributed by atoms with Crippen LogP contribution in [0.4, 0.5) is 5.69 Å². The second-order valence-corrected chi connectivity index (χ2v) is 6.14. The molecule has 1 atom stereocenters. The molecular formula is C19H17N3O2S. The predicted octanol–water partition coefficient (Wildman–Crippen LogP) is 2.63. The van der Waals surface area contributed by atoms with Gasteiger partial charge in [-0.2, -0.15) is 0 Å². The highest BCUT2D eigenvalue weighted by molar-refractivity contribution is 7.80. The number of aryl methyl sites for hydroxylation is 1. The fourth-order valence-electron chi connectivity index (χ4n) is 2.51. The average Bonchev–Trinajstić information content (AvgIpc) is 2.60. The molecule has 0 radical (unpaired) electrons. The number of anilines is 1. The van der Waals surface area contributed by atoms with Crippen LogP contribution in [-0.4, -0.2) is 23.1 Å². The molecule has 3 rings (SSSR count). The lowest BCUT2D eigenvalue weighted by atomic mass is 10.1. The van der Waals surface area contributed by atoms with E-state index in [0.717, 1.165) is 11.1 Å². The molecule has 5 nitrogen and oxygen atoms in total. The highest BCUT2D eigenvalue weighted by Gasteiger charge is 2.38. The lowest BCUT2D eigenvalue weighted by Crippen LogP contribution is -2.58. The van der Waals surface area contributed by atoms with Gasteiger partial charge in [0.2, 0.25) is 5.91 Å². The number of carbonyl (C=O) groups excluding carboxylic acids is 2. The first-order valence-corrected chi connectivity index (χ1v) is 8.26. The van der Waals surface area contributed by atoms with Gasteiger partial charge in [-0.1, -0.05) is 48.0 Å². The van der Waals surface area contributed by atoms with Crippen molar-refractivity contribution in [1.29, 1.82) is 0 Å². The smallest absolute Gasteiger partial charge is 0.251 e. The molecule has 0 aliphatic carbocycles. The van der Waals surface area contributed by atoms with E-state index in [1.165, 1.54) is 11.1 Å². The maximum Gasteiger partial charge on any atom is 0.251 e. The molecule has 2 aromatic carbocycles. The molecule has 1 aliphatic rings. The molecule has 1 aliphatic heterocycles. The Morgan fingerprint density at radius 1 is 1.12 bits per heavy atom. The zero-order valence-corrected chi connectivity index (χ0v) is 14.5. The number of nitrogens with one attached hydrogen (secondary N) is 1. The van der Waals surface area contributed by atoms with Crippen molar-refractivity contribution in [1.82, 2.24) is 5.32 Å². The van der Waals surface area contributed by atoms with Gasteiger partial charge in [-0.15, -0.1) is 0 Å². The third-order valence-electron chi connectivity index (χ3n) is 3.87. The molecule has 1 N–H and O–H groups in total. The minimum Gasteiger partial charge on any atom is -0.301 e. The zero-order valence-electron chi connectivity index (χ0n) is 13.7. The van der Waals surface area contributed by atoms with E-state index in [-0.39, 0.29) is 5.11 Å². The zero-order chi connectivity index (χ0) is 17.8. The number of aliphatic imine (C=N–C) groups is 1. The Bertz CT molecular complexity index is 832. The van der Waals surface area contributed by atoms with Gasteiger partial charge in [-0.3, -0.25) is 19.5 Å². The summed E-state index contributed by atoms with van der Waals surface area (Å²) in [6.07, 6.45) is 1.40. The Morgan fingerprint density at radius 3 is 2.48 bits per heavy atom. The van der Waals surface area contributed by atoms with Gasteiger partial charge >= 0.3 is 0 Å².